The molecule has 1 saturated carbocycles. The van der Waals surface area contributed by atoms with Gasteiger partial charge in [-0.05, 0) is 41.9 Å². The van der Waals surface area contributed by atoms with Crippen LogP contribution in [0.3, 0.4) is 0 Å². The second kappa shape index (κ2) is 9.19. The number of nitrogens with one attached hydrogen (secondary N) is 3. The minimum absolute atomic E-state index is 0.0547. The highest BCUT2D eigenvalue weighted by Crippen LogP contribution is 2.65. The third-order valence-electron chi connectivity index (χ3n) is 7.80. The quantitative estimate of drug-likeness (QED) is 0.404. The van der Waals surface area contributed by atoms with Crippen molar-refractivity contribution in [3.63, 3.8) is 0 Å². The molecule has 10 heteroatoms. The molecule has 3 fully saturated rings. The van der Waals surface area contributed by atoms with Crippen molar-refractivity contribution >= 4 is 29.5 Å². The number of likely N-dealkylation sites (tertiary alicyclic amines) is 1. The second-order valence-corrected chi connectivity index (χ2v) is 11.7. The number of fused-ring (bicyclic) bond motifs is 1. The number of hydrogen-bond donors (Lipinski definition) is 4. The largest absolute Gasteiger partial charge is 0.368 e. The first-order valence-corrected chi connectivity index (χ1v) is 12.1. The highest BCUT2D eigenvalue weighted by molar-refractivity contribution is 5.95. The van der Waals surface area contributed by atoms with Crippen LogP contribution in [0.15, 0.2) is 0 Å². The van der Waals surface area contributed by atoms with E-state index in [4.69, 9.17) is 5.73 Å². The van der Waals surface area contributed by atoms with Crippen LogP contribution in [0, 0.1) is 28.6 Å². The molecule has 6 atom stereocenters. The van der Waals surface area contributed by atoms with Crippen LogP contribution >= 0.6 is 0 Å². The average molecular weight is 478 g/mol. The molecule has 3 aliphatic rings. The highest BCUT2D eigenvalue weighted by atomic mass is 16.2. The Morgan fingerprint density at radius 1 is 1.21 bits per heavy atom. The van der Waals surface area contributed by atoms with E-state index >= 15 is 0 Å². The molecule has 0 aromatic carbocycles. The van der Waals surface area contributed by atoms with E-state index in [1.54, 1.807) is 4.90 Å². The number of hydrogen-bond acceptors (Lipinski definition) is 5. The maximum Gasteiger partial charge on any atom is 0.246 e. The summed E-state index contributed by atoms with van der Waals surface area (Å²) in [5.41, 5.74) is 4.91. The standard InChI is InChI=1S/C24H39N5O5/c1-12(30)27-18(23(2,3)4)22(34)29-11-14-16(24(14,5)6)17(29)21(33)28-15(19(25)31)10-13-8-7-9-26-20(13)32/h13-18H,7-11H2,1-6H3,(H2,25,31)(H,26,32)(H,27,30)(H,28,33)/t13-,14-,15-,16-,17-,18+/m0/s1. The summed E-state index contributed by atoms with van der Waals surface area (Å²) in [6.45, 7) is 12.1. The number of rotatable bonds is 7. The zero-order chi connectivity index (χ0) is 25.6. The van der Waals surface area contributed by atoms with Gasteiger partial charge in [-0.25, -0.2) is 0 Å². The van der Waals surface area contributed by atoms with Gasteiger partial charge in [0, 0.05) is 25.9 Å². The fraction of sp³-hybridized carbons (Fsp3) is 0.792. The Labute approximate surface area is 201 Å². The monoisotopic (exact) mass is 477 g/mol. The summed E-state index contributed by atoms with van der Waals surface area (Å²) < 4.78 is 0. The van der Waals surface area contributed by atoms with Crippen LogP contribution in [0.25, 0.3) is 0 Å². The van der Waals surface area contributed by atoms with Crippen LogP contribution in [0.1, 0.15) is 60.8 Å². The van der Waals surface area contributed by atoms with Gasteiger partial charge in [-0.15, -0.1) is 0 Å². The molecule has 1 aliphatic carbocycles. The van der Waals surface area contributed by atoms with Crippen molar-refractivity contribution in [2.75, 3.05) is 13.1 Å². The minimum Gasteiger partial charge on any atom is -0.368 e. The van der Waals surface area contributed by atoms with Crippen molar-refractivity contribution in [3.8, 4) is 0 Å². The van der Waals surface area contributed by atoms with Gasteiger partial charge in [0.25, 0.3) is 0 Å². The van der Waals surface area contributed by atoms with Crippen molar-refractivity contribution in [3.05, 3.63) is 0 Å². The lowest BCUT2D eigenvalue weighted by atomic mass is 9.85. The van der Waals surface area contributed by atoms with Gasteiger partial charge in [-0.1, -0.05) is 34.6 Å². The van der Waals surface area contributed by atoms with Crippen molar-refractivity contribution in [2.45, 2.75) is 78.9 Å². The molecule has 190 valence electrons. The average Bonchev–Trinajstić information content (AvgIpc) is 3.07. The number of amides is 5. The molecule has 5 N–H and O–H groups in total. The Kier molecular flexibility index (Phi) is 7.01. The second-order valence-electron chi connectivity index (χ2n) is 11.7. The van der Waals surface area contributed by atoms with Crippen LogP contribution in [0.4, 0.5) is 0 Å². The molecule has 3 rings (SSSR count). The number of primary amides is 1. The van der Waals surface area contributed by atoms with Crippen molar-refractivity contribution in [1.29, 1.82) is 0 Å². The third kappa shape index (κ3) is 5.05. The molecule has 10 nitrogen and oxygen atoms in total. The number of carbonyl (C=O) groups is 5. The first-order valence-electron chi connectivity index (χ1n) is 12.1. The van der Waals surface area contributed by atoms with E-state index in [1.165, 1.54) is 6.92 Å². The summed E-state index contributed by atoms with van der Waals surface area (Å²) >= 11 is 0. The van der Waals surface area contributed by atoms with Crippen molar-refractivity contribution in [2.24, 2.45) is 34.3 Å². The number of carbonyl (C=O) groups excluding carboxylic acids is 5. The zero-order valence-corrected chi connectivity index (χ0v) is 21.1. The number of piperidine rings is 2. The number of nitrogens with zero attached hydrogens (tertiary/aromatic N) is 1. The molecule has 0 bridgehead atoms. The van der Waals surface area contributed by atoms with E-state index < -0.39 is 41.3 Å². The minimum atomic E-state index is -1.01. The first kappa shape index (κ1) is 26.0. The predicted molar refractivity (Wildman–Crippen MR) is 125 cm³/mol. The summed E-state index contributed by atoms with van der Waals surface area (Å²) in [7, 11) is 0. The molecule has 0 aromatic rings. The molecule has 2 heterocycles. The van der Waals surface area contributed by atoms with Gasteiger partial charge < -0.3 is 26.6 Å². The van der Waals surface area contributed by atoms with E-state index in [0.717, 1.165) is 6.42 Å². The van der Waals surface area contributed by atoms with Gasteiger partial charge >= 0.3 is 0 Å². The van der Waals surface area contributed by atoms with Crippen LogP contribution in [-0.2, 0) is 24.0 Å². The van der Waals surface area contributed by atoms with Gasteiger partial charge in [0.05, 0.1) is 0 Å². The summed E-state index contributed by atoms with van der Waals surface area (Å²) in [6, 6.07) is -2.57. The van der Waals surface area contributed by atoms with Gasteiger partial charge in [0.2, 0.25) is 29.5 Å². The van der Waals surface area contributed by atoms with Crippen LogP contribution in [-0.4, -0.2) is 65.7 Å². The Hall–Kier alpha value is -2.65. The first-order chi connectivity index (χ1) is 15.7. The van der Waals surface area contributed by atoms with Crippen LogP contribution in [0.2, 0.25) is 0 Å². The smallest absolute Gasteiger partial charge is 0.246 e. The lowest BCUT2D eigenvalue weighted by molar-refractivity contribution is -0.146. The molecule has 0 aromatic heterocycles. The Balaban J connectivity index is 1.81. The molecular weight excluding hydrogens is 438 g/mol. The molecule has 2 saturated heterocycles. The number of nitrogens with two attached hydrogens (primary N) is 1. The lowest BCUT2D eigenvalue weighted by Gasteiger charge is -2.37. The fourth-order valence-electron chi connectivity index (χ4n) is 5.68. The normalized spacial score (nSPS) is 29.4. The van der Waals surface area contributed by atoms with Crippen LogP contribution in [0.5, 0.6) is 0 Å². The maximum absolute atomic E-state index is 13.6. The van der Waals surface area contributed by atoms with Crippen molar-refractivity contribution in [1.82, 2.24) is 20.9 Å². The van der Waals surface area contributed by atoms with E-state index in [-0.39, 0.29) is 41.4 Å². The van der Waals surface area contributed by atoms with E-state index in [9.17, 15) is 24.0 Å². The zero-order valence-electron chi connectivity index (χ0n) is 21.1. The van der Waals surface area contributed by atoms with E-state index in [1.807, 2.05) is 20.8 Å². The molecular formula is C24H39N5O5. The maximum atomic E-state index is 13.6. The predicted octanol–water partition coefficient (Wildman–Crippen LogP) is -0.0934. The molecule has 2 aliphatic heterocycles. The van der Waals surface area contributed by atoms with E-state index in [2.05, 4.69) is 29.8 Å². The summed E-state index contributed by atoms with van der Waals surface area (Å²) in [4.78, 5) is 64.8. The Morgan fingerprint density at radius 3 is 2.38 bits per heavy atom. The Bertz CT molecular complexity index is 879. The summed E-state index contributed by atoms with van der Waals surface area (Å²) in [6.07, 6.45) is 1.55. The third-order valence-corrected chi connectivity index (χ3v) is 7.80. The highest BCUT2D eigenvalue weighted by Gasteiger charge is 2.69. The van der Waals surface area contributed by atoms with Crippen LogP contribution < -0.4 is 21.7 Å². The van der Waals surface area contributed by atoms with E-state index in [0.29, 0.717) is 19.5 Å². The molecule has 5 amide bonds. The lowest BCUT2D eigenvalue weighted by Crippen LogP contribution is -2.60. The summed E-state index contributed by atoms with van der Waals surface area (Å²) in [5, 5.41) is 8.28. The van der Waals surface area contributed by atoms with Gasteiger partial charge in [0.1, 0.15) is 18.1 Å². The van der Waals surface area contributed by atoms with Crippen molar-refractivity contribution < 1.29 is 24.0 Å². The topological polar surface area (TPSA) is 151 Å². The SMILES string of the molecule is CC(=O)N[C@H](C(=O)N1C[C@H]2[C@@H]([C@H]1C(=O)N[C@@H](C[C@@H]1CCCNC1=O)C(N)=O)C2(C)C)C(C)(C)C. The molecule has 0 unspecified atom stereocenters. The molecule has 0 spiro atoms. The van der Waals surface area contributed by atoms with Gasteiger partial charge in [0.15, 0.2) is 0 Å². The Morgan fingerprint density at radius 2 is 1.85 bits per heavy atom. The summed E-state index contributed by atoms with van der Waals surface area (Å²) in [5.74, 6) is -2.23. The molecule has 0 radical (unpaired) electrons. The fourth-order valence-corrected chi connectivity index (χ4v) is 5.68. The van der Waals surface area contributed by atoms with Gasteiger partial charge in [-0.3, -0.25) is 24.0 Å². The molecule has 34 heavy (non-hydrogen) atoms. The van der Waals surface area contributed by atoms with Gasteiger partial charge in [-0.2, -0.15) is 0 Å².